The van der Waals surface area contributed by atoms with Gasteiger partial charge in [0.2, 0.25) is 5.91 Å². The van der Waals surface area contributed by atoms with Gasteiger partial charge in [0.15, 0.2) is 5.96 Å². The van der Waals surface area contributed by atoms with Crippen LogP contribution in [0, 0.1) is 11.8 Å². The van der Waals surface area contributed by atoms with Crippen molar-refractivity contribution in [2.45, 2.75) is 51.6 Å². The highest BCUT2D eigenvalue weighted by Gasteiger charge is 2.25. The minimum atomic E-state index is -0.00144. The number of amides is 1. The third-order valence-electron chi connectivity index (χ3n) is 5.48. The molecule has 2 N–H and O–H groups in total. The Labute approximate surface area is 164 Å². The van der Waals surface area contributed by atoms with Crippen LogP contribution in [0.25, 0.3) is 0 Å². The topological polar surface area (TPSA) is 75.2 Å². The average molecular weight is 383 g/mol. The Kier molecular flexibility index (Phi) is 9.91. The molecule has 27 heavy (non-hydrogen) atoms. The Hall–Kier alpha value is -1.34. The highest BCUT2D eigenvalue weighted by Crippen LogP contribution is 2.30. The summed E-state index contributed by atoms with van der Waals surface area (Å²) < 4.78 is 11.4. The molecule has 0 aromatic rings. The van der Waals surface area contributed by atoms with Gasteiger partial charge in [0, 0.05) is 46.3 Å². The van der Waals surface area contributed by atoms with E-state index in [9.17, 15) is 4.79 Å². The zero-order chi connectivity index (χ0) is 19.5. The maximum atomic E-state index is 11.9. The summed E-state index contributed by atoms with van der Waals surface area (Å²) in [5, 5.41) is 6.78. The van der Waals surface area contributed by atoms with Gasteiger partial charge in [0.25, 0.3) is 0 Å². The van der Waals surface area contributed by atoms with Crippen LogP contribution in [0.1, 0.15) is 45.4 Å². The molecular formula is C20H38N4O3. The summed E-state index contributed by atoms with van der Waals surface area (Å²) in [6.45, 7) is 6.23. The van der Waals surface area contributed by atoms with Gasteiger partial charge in [-0.2, -0.15) is 0 Å². The molecule has 1 aliphatic heterocycles. The van der Waals surface area contributed by atoms with Crippen molar-refractivity contribution in [1.82, 2.24) is 15.5 Å². The van der Waals surface area contributed by atoms with Gasteiger partial charge >= 0.3 is 0 Å². The van der Waals surface area contributed by atoms with E-state index in [0.29, 0.717) is 23.9 Å². The summed E-state index contributed by atoms with van der Waals surface area (Å²) in [5.74, 6) is 1.90. The molecule has 1 saturated carbocycles. The van der Waals surface area contributed by atoms with Gasteiger partial charge in [-0.1, -0.05) is 12.8 Å². The Morgan fingerprint density at radius 3 is 2.67 bits per heavy atom. The van der Waals surface area contributed by atoms with E-state index in [0.717, 1.165) is 45.8 Å². The van der Waals surface area contributed by atoms with Crippen LogP contribution < -0.4 is 10.6 Å². The van der Waals surface area contributed by atoms with Gasteiger partial charge in [-0.15, -0.1) is 0 Å². The summed E-state index contributed by atoms with van der Waals surface area (Å²) in [5.41, 5.74) is 0. The lowest BCUT2D eigenvalue weighted by Crippen LogP contribution is -2.42. The minimum absolute atomic E-state index is 0.00144. The molecule has 1 aliphatic carbocycles. The van der Waals surface area contributed by atoms with Crippen molar-refractivity contribution in [3.63, 3.8) is 0 Å². The van der Waals surface area contributed by atoms with E-state index < -0.39 is 0 Å². The lowest BCUT2D eigenvalue weighted by Gasteiger charge is -2.24. The number of ether oxygens (including phenoxy) is 2. The van der Waals surface area contributed by atoms with Crippen LogP contribution in [0.3, 0.4) is 0 Å². The van der Waals surface area contributed by atoms with Crippen LogP contribution in [0.4, 0.5) is 0 Å². The van der Waals surface area contributed by atoms with Crippen molar-refractivity contribution in [1.29, 1.82) is 0 Å². The second-order valence-electron chi connectivity index (χ2n) is 7.82. The molecule has 0 radical (unpaired) electrons. The molecule has 7 heteroatoms. The molecule has 1 saturated heterocycles. The Morgan fingerprint density at radius 2 is 2.04 bits per heavy atom. The number of nitrogens with one attached hydrogen (secondary N) is 2. The number of guanidine groups is 1. The fraction of sp³-hybridized carbons (Fsp3) is 0.900. The van der Waals surface area contributed by atoms with Crippen molar-refractivity contribution >= 4 is 11.9 Å². The zero-order valence-corrected chi connectivity index (χ0v) is 17.3. The first-order valence-corrected chi connectivity index (χ1v) is 10.5. The normalized spacial score (nSPS) is 22.0. The Bertz CT molecular complexity index is 458. The molecular weight excluding hydrogens is 344 g/mol. The summed E-state index contributed by atoms with van der Waals surface area (Å²) in [7, 11) is 3.51. The standard InChI is InChI=1S/C20H38N4O3/c1-4-27-18(17-7-5-6-8-17)9-11-21-20(23-14-19(25)24(2)3)22-13-16-10-12-26-15-16/h16-18H,4-15H2,1-3H3,(H2,21,22,23). The number of hydrogen-bond donors (Lipinski definition) is 2. The molecule has 7 nitrogen and oxygen atoms in total. The predicted octanol–water partition coefficient (Wildman–Crippen LogP) is 1.63. The van der Waals surface area contributed by atoms with E-state index >= 15 is 0 Å². The number of likely N-dealkylation sites (N-methyl/N-ethyl adjacent to an activating group) is 1. The smallest absolute Gasteiger partial charge is 0.243 e. The highest BCUT2D eigenvalue weighted by molar-refractivity contribution is 5.84. The predicted molar refractivity (Wildman–Crippen MR) is 108 cm³/mol. The molecule has 0 bridgehead atoms. The minimum Gasteiger partial charge on any atom is -0.381 e. The first-order chi connectivity index (χ1) is 13.1. The highest BCUT2D eigenvalue weighted by atomic mass is 16.5. The van der Waals surface area contributed by atoms with Crippen LogP contribution in [0.15, 0.2) is 4.99 Å². The largest absolute Gasteiger partial charge is 0.381 e. The van der Waals surface area contributed by atoms with Crippen LogP contribution in [0.5, 0.6) is 0 Å². The van der Waals surface area contributed by atoms with Crippen LogP contribution in [0.2, 0.25) is 0 Å². The van der Waals surface area contributed by atoms with Gasteiger partial charge in [0.05, 0.1) is 12.7 Å². The number of aliphatic imine (C=N–C) groups is 1. The quantitative estimate of drug-likeness (QED) is 0.444. The average Bonchev–Trinajstić information content (AvgIpc) is 3.36. The zero-order valence-electron chi connectivity index (χ0n) is 17.3. The summed E-state index contributed by atoms with van der Waals surface area (Å²) in [4.78, 5) is 17.9. The van der Waals surface area contributed by atoms with E-state index in [-0.39, 0.29) is 12.5 Å². The molecule has 2 unspecified atom stereocenters. The number of carbonyl (C=O) groups is 1. The molecule has 1 amide bonds. The van der Waals surface area contributed by atoms with Crippen LogP contribution in [-0.4, -0.2) is 76.4 Å². The number of carbonyl (C=O) groups excluding carboxylic acids is 1. The van der Waals surface area contributed by atoms with Crippen molar-refractivity contribution < 1.29 is 14.3 Å². The van der Waals surface area contributed by atoms with Gasteiger partial charge in [-0.05, 0) is 38.5 Å². The number of hydrogen-bond acceptors (Lipinski definition) is 4. The maximum Gasteiger partial charge on any atom is 0.243 e. The SMILES string of the molecule is CCOC(CCNC(=NCC(=O)N(C)C)NCC1CCOC1)C1CCCC1. The van der Waals surface area contributed by atoms with E-state index in [4.69, 9.17) is 9.47 Å². The Balaban J connectivity index is 1.82. The molecule has 2 aliphatic rings. The molecule has 156 valence electrons. The van der Waals surface area contributed by atoms with Crippen molar-refractivity contribution in [3.05, 3.63) is 0 Å². The van der Waals surface area contributed by atoms with Crippen LogP contribution in [-0.2, 0) is 14.3 Å². The second kappa shape index (κ2) is 12.2. The van der Waals surface area contributed by atoms with Gasteiger partial charge in [-0.25, -0.2) is 4.99 Å². The molecule has 2 rings (SSSR count). The third-order valence-corrected chi connectivity index (χ3v) is 5.48. The van der Waals surface area contributed by atoms with E-state index in [2.05, 4.69) is 22.5 Å². The molecule has 2 fully saturated rings. The van der Waals surface area contributed by atoms with E-state index in [1.807, 2.05) is 0 Å². The molecule has 0 aromatic heterocycles. The first-order valence-electron chi connectivity index (χ1n) is 10.5. The lowest BCUT2D eigenvalue weighted by atomic mass is 9.98. The Morgan fingerprint density at radius 1 is 1.26 bits per heavy atom. The molecule has 0 spiro atoms. The maximum absolute atomic E-state index is 11.9. The fourth-order valence-corrected chi connectivity index (χ4v) is 3.78. The van der Waals surface area contributed by atoms with Crippen molar-refractivity contribution in [2.75, 3.05) is 53.6 Å². The number of nitrogens with zero attached hydrogens (tertiary/aromatic N) is 2. The summed E-state index contributed by atoms with van der Waals surface area (Å²) in [6.07, 6.45) is 7.57. The molecule has 0 aromatic carbocycles. The second-order valence-corrected chi connectivity index (χ2v) is 7.82. The van der Waals surface area contributed by atoms with Crippen LogP contribution >= 0.6 is 0 Å². The van der Waals surface area contributed by atoms with Crippen molar-refractivity contribution in [3.8, 4) is 0 Å². The monoisotopic (exact) mass is 382 g/mol. The number of rotatable bonds is 10. The van der Waals surface area contributed by atoms with E-state index in [1.165, 1.54) is 25.7 Å². The fourth-order valence-electron chi connectivity index (χ4n) is 3.78. The van der Waals surface area contributed by atoms with Gasteiger partial charge in [0.1, 0.15) is 6.54 Å². The third kappa shape index (κ3) is 8.05. The van der Waals surface area contributed by atoms with E-state index in [1.54, 1.807) is 19.0 Å². The van der Waals surface area contributed by atoms with Gasteiger partial charge in [-0.3, -0.25) is 4.79 Å². The van der Waals surface area contributed by atoms with Gasteiger partial charge < -0.3 is 25.0 Å². The lowest BCUT2D eigenvalue weighted by molar-refractivity contribution is -0.127. The van der Waals surface area contributed by atoms with Crippen molar-refractivity contribution in [2.24, 2.45) is 16.8 Å². The molecule has 2 atom stereocenters. The summed E-state index contributed by atoms with van der Waals surface area (Å²) in [6, 6.07) is 0. The first kappa shape index (κ1) is 22.0. The summed E-state index contributed by atoms with van der Waals surface area (Å²) >= 11 is 0. The molecule has 1 heterocycles.